The second kappa shape index (κ2) is 9.25. The molecule has 4 heterocycles. The Labute approximate surface area is 192 Å². The maximum atomic E-state index is 13.5. The minimum absolute atomic E-state index is 0.0141. The van der Waals surface area contributed by atoms with Crippen LogP contribution in [0.3, 0.4) is 0 Å². The number of hydrogen-bond acceptors (Lipinski definition) is 6. The second-order valence-electron chi connectivity index (χ2n) is 8.53. The lowest BCUT2D eigenvalue weighted by atomic mass is 10.0. The van der Waals surface area contributed by atoms with E-state index in [0.29, 0.717) is 49.7 Å². The summed E-state index contributed by atoms with van der Waals surface area (Å²) in [6.07, 6.45) is 1.21. The Kier molecular flexibility index (Phi) is 6.02. The third-order valence-corrected chi connectivity index (χ3v) is 6.32. The number of rotatable bonds is 3. The number of piperazine rings is 1. The molecule has 2 saturated heterocycles. The monoisotopic (exact) mass is 445 g/mol. The van der Waals surface area contributed by atoms with Crippen molar-refractivity contribution >= 4 is 22.7 Å². The van der Waals surface area contributed by atoms with Gasteiger partial charge in [-0.25, -0.2) is 4.98 Å². The van der Waals surface area contributed by atoms with Crippen molar-refractivity contribution in [3.8, 4) is 0 Å². The van der Waals surface area contributed by atoms with E-state index in [1.807, 2.05) is 35.2 Å². The number of benzene rings is 1. The van der Waals surface area contributed by atoms with Crippen LogP contribution in [0.4, 0.5) is 0 Å². The fourth-order valence-electron chi connectivity index (χ4n) is 4.38. The lowest BCUT2D eigenvalue weighted by Gasteiger charge is -2.34. The molecule has 2 aromatic heterocycles. The molecule has 0 spiro atoms. The molecule has 0 N–H and O–H groups in total. The number of morpholine rings is 1. The first kappa shape index (κ1) is 21.5. The molecule has 2 aliphatic rings. The molecule has 8 nitrogen and oxygen atoms in total. The van der Waals surface area contributed by atoms with E-state index < -0.39 is 6.10 Å². The Balaban J connectivity index is 1.44. The number of carbonyl (C=O) groups excluding carboxylic acids is 2. The van der Waals surface area contributed by atoms with Gasteiger partial charge in [-0.2, -0.15) is 0 Å². The molecule has 2 amide bonds. The van der Waals surface area contributed by atoms with Crippen molar-refractivity contribution in [2.75, 3.05) is 52.9 Å². The normalized spacial score (nSPS) is 19.6. The Morgan fingerprint density at radius 2 is 1.73 bits per heavy atom. The van der Waals surface area contributed by atoms with Gasteiger partial charge in [-0.05, 0) is 31.3 Å². The zero-order valence-electron chi connectivity index (χ0n) is 18.7. The van der Waals surface area contributed by atoms with Crippen LogP contribution in [-0.2, 0) is 4.74 Å². The van der Waals surface area contributed by atoms with Gasteiger partial charge in [-0.15, -0.1) is 0 Å². The summed E-state index contributed by atoms with van der Waals surface area (Å²) in [5.74, 6) is -0.112. The minimum Gasteiger partial charge on any atom is -0.368 e. The summed E-state index contributed by atoms with van der Waals surface area (Å²) in [5.41, 5.74) is 2.47. The van der Waals surface area contributed by atoms with Crippen molar-refractivity contribution in [1.82, 2.24) is 24.7 Å². The summed E-state index contributed by atoms with van der Waals surface area (Å²) in [6, 6.07) is 14.9. The molecule has 0 radical (unpaired) electrons. The van der Waals surface area contributed by atoms with Crippen molar-refractivity contribution in [2.24, 2.45) is 0 Å². The van der Waals surface area contributed by atoms with Crippen molar-refractivity contribution in [2.45, 2.75) is 6.10 Å². The van der Waals surface area contributed by atoms with Crippen molar-refractivity contribution in [3.05, 3.63) is 71.7 Å². The van der Waals surface area contributed by atoms with Crippen molar-refractivity contribution in [1.29, 1.82) is 0 Å². The van der Waals surface area contributed by atoms with Gasteiger partial charge in [0.1, 0.15) is 11.8 Å². The summed E-state index contributed by atoms with van der Waals surface area (Å²) in [6.45, 7) is 4.38. The van der Waals surface area contributed by atoms with Crippen LogP contribution in [0.5, 0.6) is 0 Å². The fourth-order valence-corrected chi connectivity index (χ4v) is 4.38. The lowest BCUT2D eigenvalue weighted by Crippen LogP contribution is -2.47. The van der Waals surface area contributed by atoms with Gasteiger partial charge >= 0.3 is 0 Å². The summed E-state index contributed by atoms with van der Waals surface area (Å²) in [5, 5.41) is 0.836. The fraction of sp³-hybridized carbons (Fsp3) is 0.360. The third kappa shape index (κ3) is 4.44. The third-order valence-electron chi connectivity index (χ3n) is 6.32. The maximum Gasteiger partial charge on any atom is 0.272 e. The molecule has 1 atom stereocenters. The number of aromatic nitrogens is 2. The Bertz CT molecular complexity index is 1160. The highest BCUT2D eigenvalue weighted by Crippen LogP contribution is 2.27. The van der Waals surface area contributed by atoms with E-state index in [-0.39, 0.29) is 11.8 Å². The first-order valence-electron chi connectivity index (χ1n) is 11.3. The lowest BCUT2D eigenvalue weighted by molar-refractivity contribution is -0.0248. The summed E-state index contributed by atoms with van der Waals surface area (Å²) < 4.78 is 6.02. The summed E-state index contributed by atoms with van der Waals surface area (Å²) in [7, 11) is 2.07. The van der Waals surface area contributed by atoms with Gasteiger partial charge < -0.3 is 19.4 Å². The quantitative estimate of drug-likeness (QED) is 0.615. The van der Waals surface area contributed by atoms with Crippen LogP contribution in [0, 0.1) is 0 Å². The smallest absolute Gasteiger partial charge is 0.272 e. The predicted octanol–water partition coefficient (Wildman–Crippen LogP) is 2.23. The summed E-state index contributed by atoms with van der Waals surface area (Å²) >= 11 is 0. The molecule has 0 bridgehead atoms. The first-order valence-corrected chi connectivity index (χ1v) is 11.3. The molecule has 0 unspecified atom stereocenters. The van der Waals surface area contributed by atoms with E-state index in [0.717, 1.165) is 24.0 Å². The number of nitrogens with zero attached hydrogens (tertiary/aromatic N) is 5. The maximum absolute atomic E-state index is 13.5. The van der Waals surface area contributed by atoms with Crippen LogP contribution in [-0.4, -0.2) is 89.4 Å². The van der Waals surface area contributed by atoms with Gasteiger partial charge in [-0.3, -0.25) is 14.6 Å². The second-order valence-corrected chi connectivity index (χ2v) is 8.53. The predicted molar refractivity (Wildman–Crippen MR) is 124 cm³/mol. The molecular formula is C25H27N5O3. The van der Waals surface area contributed by atoms with E-state index >= 15 is 0 Å². The molecule has 0 saturated carbocycles. The number of carbonyl (C=O) groups is 2. The Hall–Kier alpha value is -3.36. The van der Waals surface area contributed by atoms with E-state index in [1.165, 1.54) is 0 Å². The van der Waals surface area contributed by atoms with Gasteiger partial charge in [0, 0.05) is 44.3 Å². The SMILES string of the molecule is CN1CCN(C(=O)c2cc([C@H]3CN(C(=O)c4ccccn4)CCO3)nc3ccccc23)CC1. The molecule has 33 heavy (non-hydrogen) atoms. The highest BCUT2D eigenvalue weighted by Gasteiger charge is 2.29. The van der Waals surface area contributed by atoms with Crippen LogP contribution in [0.2, 0.25) is 0 Å². The topological polar surface area (TPSA) is 78.9 Å². The van der Waals surface area contributed by atoms with Crippen molar-refractivity contribution < 1.29 is 14.3 Å². The minimum atomic E-state index is -0.407. The number of hydrogen-bond donors (Lipinski definition) is 0. The number of ether oxygens (including phenoxy) is 1. The van der Waals surface area contributed by atoms with Gasteiger partial charge in [0.2, 0.25) is 0 Å². The first-order chi connectivity index (χ1) is 16.1. The van der Waals surface area contributed by atoms with E-state index in [2.05, 4.69) is 16.9 Å². The van der Waals surface area contributed by atoms with Crippen LogP contribution >= 0.6 is 0 Å². The van der Waals surface area contributed by atoms with Crippen LogP contribution in [0.25, 0.3) is 10.9 Å². The molecule has 3 aromatic rings. The highest BCUT2D eigenvalue weighted by atomic mass is 16.5. The molecule has 2 aliphatic heterocycles. The molecule has 8 heteroatoms. The molecule has 5 rings (SSSR count). The van der Waals surface area contributed by atoms with Crippen molar-refractivity contribution in [3.63, 3.8) is 0 Å². The Morgan fingerprint density at radius 1 is 0.939 bits per heavy atom. The average Bonchev–Trinajstić information content (AvgIpc) is 2.88. The standard InChI is InChI=1S/C25H27N5O3/c1-28-10-12-29(13-11-28)24(31)19-16-22(27-20-7-3-2-6-18(19)20)23-17-30(14-15-33-23)25(32)21-8-4-5-9-26-21/h2-9,16,23H,10-15,17H2,1H3/t23-/m1/s1. The van der Waals surface area contributed by atoms with E-state index in [1.54, 1.807) is 29.3 Å². The number of para-hydroxylation sites is 1. The highest BCUT2D eigenvalue weighted by molar-refractivity contribution is 6.06. The van der Waals surface area contributed by atoms with Gasteiger partial charge in [-0.1, -0.05) is 24.3 Å². The number of likely N-dealkylation sites (N-methyl/N-ethyl adjacent to an activating group) is 1. The molecule has 2 fully saturated rings. The van der Waals surface area contributed by atoms with E-state index in [4.69, 9.17) is 9.72 Å². The number of pyridine rings is 2. The molecule has 1 aromatic carbocycles. The summed E-state index contributed by atoms with van der Waals surface area (Å²) in [4.78, 5) is 41.3. The van der Waals surface area contributed by atoms with Gasteiger partial charge in [0.25, 0.3) is 11.8 Å². The van der Waals surface area contributed by atoms with Crippen LogP contribution < -0.4 is 0 Å². The number of fused-ring (bicyclic) bond motifs is 1. The Morgan fingerprint density at radius 3 is 2.52 bits per heavy atom. The zero-order valence-corrected chi connectivity index (χ0v) is 18.7. The average molecular weight is 446 g/mol. The largest absolute Gasteiger partial charge is 0.368 e. The molecular weight excluding hydrogens is 418 g/mol. The van der Waals surface area contributed by atoms with Crippen LogP contribution in [0.15, 0.2) is 54.7 Å². The number of amides is 2. The van der Waals surface area contributed by atoms with Gasteiger partial charge in [0.15, 0.2) is 0 Å². The zero-order chi connectivity index (χ0) is 22.8. The van der Waals surface area contributed by atoms with Gasteiger partial charge in [0.05, 0.1) is 29.9 Å². The van der Waals surface area contributed by atoms with Crippen LogP contribution in [0.1, 0.15) is 32.6 Å². The molecule has 0 aliphatic carbocycles. The van der Waals surface area contributed by atoms with E-state index in [9.17, 15) is 9.59 Å². The molecule has 170 valence electrons.